The SMILES string of the molecule is CCNC(=NCc1ccc(OC)cc1)NCc1cccnc1N(C)C.I. The first kappa shape index (κ1) is 22.0. The third-order valence-electron chi connectivity index (χ3n) is 3.66. The first-order chi connectivity index (χ1) is 12.1. The highest BCUT2D eigenvalue weighted by Crippen LogP contribution is 2.14. The summed E-state index contributed by atoms with van der Waals surface area (Å²) < 4.78 is 5.18. The van der Waals surface area contributed by atoms with Crippen LogP contribution in [0.3, 0.4) is 0 Å². The molecule has 1 aromatic heterocycles. The molecule has 0 bridgehead atoms. The molecule has 0 saturated carbocycles. The normalized spacial score (nSPS) is 10.7. The van der Waals surface area contributed by atoms with Crippen molar-refractivity contribution in [3.05, 3.63) is 53.7 Å². The summed E-state index contributed by atoms with van der Waals surface area (Å²) in [5.41, 5.74) is 2.26. The minimum atomic E-state index is 0. The first-order valence-electron chi connectivity index (χ1n) is 8.40. The number of hydrogen-bond donors (Lipinski definition) is 2. The predicted octanol–water partition coefficient (Wildman–Crippen LogP) is 3.03. The molecule has 2 N–H and O–H groups in total. The lowest BCUT2D eigenvalue weighted by Crippen LogP contribution is -2.37. The van der Waals surface area contributed by atoms with Crippen LogP contribution in [0.1, 0.15) is 18.1 Å². The fraction of sp³-hybridized carbons (Fsp3) is 0.368. The highest BCUT2D eigenvalue weighted by atomic mass is 127. The molecular formula is C19H28IN5O. The van der Waals surface area contributed by atoms with Crippen LogP contribution in [-0.2, 0) is 13.1 Å². The predicted molar refractivity (Wildman–Crippen MR) is 119 cm³/mol. The van der Waals surface area contributed by atoms with Gasteiger partial charge < -0.3 is 20.3 Å². The van der Waals surface area contributed by atoms with Gasteiger partial charge in [-0.15, -0.1) is 24.0 Å². The average Bonchev–Trinajstić information content (AvgIpc) is 2.64. The highest BCUT2D eigenvalue weighted by Gasteiger charge is 2.06. The van der Waals surface area contributed by atoms with E-state index in [1.165, 1.54) is 0 Å². The van der Waals surface area contributed by atoms with Crippen LogP contribution in [-0.4, -0.2) is 38.7 Å². The van der Waals surface area contributed by atoms with Gasteiger partial charge in [-0.1, -0.05) is 18.2 Å². The zero-order chi connectivity index (χ0) is 18.1. The van der Waals surface area contributed by atoms with Gasteiger partial charge in [0.05, 0.1) is 13.7 Å². The third-order valence-corrected chi connectivity index (χ3v) is 3.66. The molecule has 0 aliphatic heterocycles. The third kappa shape index (κ3) is 6.70. The van der Waals surface area contributed by atoms with E-state index >= 15 is 0 Å². The number of aliphatic imine (C=N–C) groups is 1. The summed E-state index contributed by atoms with van der Waals surface area (Å²) in [6.07, 6.45) is 1.81. The van der Waals surface area contributed by atoms with Crippen LogP contribution >= 0.6 is 24.0 Å². The maximum absolute atomic E-state index is 5.18. The molecule has 142 valence electrons. The number of nitrogens with zero attached hydrogens (tertiary/aromatic N) is 3. The molecule has 0 unspecified atom stereocenters. The van der Waals surface area contributed by atoms with Crippen molar-refractivity contribution < 1.29 is 4.74 Å². The first-order valence-corrected chi connectivity index (χ1v) is 8.40. The summed E-state index contributed by atoms with van der Waals surface area (Å²) in [6, 6.07) is 12.0. The number of hydrogen-bond acceptors (Lipinski definition) is 4. The number of ether oxygens (including phenoxy) is 1. The Labute approximate surface area is 173 Å². The lowest BCUT2D eigenvalue weighted by molar-refractivity contribution is 0.414. The van der Waals surface area contributed by atoms with E-state index in [4.69, 9.17) is 4.74 Å². The molecule has 6 nitrogen and oxygen atoms in total. The molecule has 1 aromatic carbocycles. The van der Waals surface area contributed by atoms with Crippen molar-refractivity contribution in [2.75, 3.05) is 32.6 Å². The number of rotatable bonds is 7. The molecule has 7 heteroatoms. The second-order valence-electron chi connectivity index (χ2n) is 5.78. The Balaban J connectivity index is 0.00000338. The van der Waals surface area contributed by atoms with Gasteiger partial charge in [-0.2, -0.15) is 0 Å². The van der Waals surface area contributed by atoms with Crippen LogP contribution < -0.4 is 20.3 Å². The van der Waals surface area contributed by atoms with E-state index in [0.717, 1.165) is 35.2 Å². The summed E-state index contributed by atoms with van der Waals surface area (Å²) in [5, 5.41) is 6.65. The van der Waals surface area contributed by atoms with Crippen LogP contribution in [0.5, 0.6) is 5.75 Å². The highest BCUT2D eigenvalue weighted by molar-refractivity contribution is 14.0. The van der Waals surface area contributed by atoms with Gasteiger partial charge in [0.1, 0.15) is 11.6 Å². The summed E-state index contributed by atoms with van der Waals surface area (Å²) >= 11 is 0. The minimum Gasteiger partial charge on any atom is -0.497 e. The van der Waals surface area contributed by atoms with Gasteiger partial charge in [-0.05, 0) is 30.7 Å². The summed E-state index contributed by atoms with van der Waals surface area (Å²) in [4.78, 5) is 11.1. The van der Waals surface area contributed by atoms with Crippen LogP contribution in [0.2, 0.25) is 0 Å². The van der Waals surface area contributed by atoms with E-state index in [1.54, 1.807) is 7.11 Å². The lowest BCUT2D eigenvalue weighted by atomic mass is 10.2. The number of anilines is 1. The molecule has 1 heterocycles. The van der Waals surface area contributed by atoms with Gasteiger partial charge in [0.15, 0.2) is 5.96 Å². The molecule has 0 aliphatic rings. The van der Waals surface area contributed by atoms with Crippen molar-refractivity contribution >= 4 is 35.8 Å². The van der Waals surface area contributed by atoms with Crippen LogP contribution in [0, 0.1) is 0 Å². The zero-order valence-corrected chi connectivity index (χ0v) is 18.2. The van der Waals surface area contributed by atoms with Gasteiger partial charge in [0.2, 0.25) is 0 Å². The molecule has 0 atom stereocenters. The number of methoxy groups -OCH3 is 1. The van der Waals surface area contributed by atoms with E-state index in [-0.39, 0.29) is 24.0 Å². The van der Waals surface area contributed by atoms with Gasteiger partial charge in [-0.3, -0.25) is 0 Å². The van der Waals surface area contributed by atoms with Gasteiger partial charge >= 0.3 is 0 Å². The number of pyridine rings is 1. The van der Waals surface area contributed by atoms with Crippen molar-refractivity contribution in [3.8, 4) is 5.75 Å². The molecule has 0 saturated heterocycles. The Bertz CT molecular complexity index is 689. The molecule has 26 heavy (non-hydrogen) atoms. The van der Waals surface area contributed by atoms with Gasteiger partial charge in [0.25, 0.3) is 0 Å². The minimum absolute atomic E-state index is 0. The Morgan fingerprint density at radius 3 is 2.50 bits per heavy atom. The summed E-state index contributed by atoms with van der Waals surface area (Å²) in [5.74, 6) is 2.60. The van der Waals surface area contributed by atoms with Crippen molar-refractivity contribution in [1.82, 2.24) is 15.6 Å². The van der Waals surface area contributed by atoms with Crippen molar-refractivity contribution in [2.45, 2.75) is 20.0 Å². The fourth-order valence-corrected chi connectivity index (χ4v) is 2.39. The fourth-order valence-electron chi connectivity index (χ4n) is 2.39. The molecule has 0 aliphatic carbocycles. The molecule has 0 radical (unpaired) electrons. The number of aromatic nitrogens is 1. The second kappa shape index (κ2) is 11.6. The average molecular weight is 469 g/mol. The maximum atomic E-state index is 5.18. The maximum Gasteiger partial charge on any atom is 0.191 e. The summed E-state index contributed by atoms with van der Waals surface area (Å²) in [6.45, 7) is 4.13. The van der Waals surface area contributed by atoms with Crippen molar-refractivity contribution in [2.24, 2.45) is 4.99 Å². The topological polar surface area (TPSA) is 61.8 Å². The van der Waals surface area contributed by atoms with Crippen LogP contribution in [0.15, 0.2) is 47.6 Å². The van der Waals surface area contributed by atoms with Crippen LogP contribution in [0.25, 0.3) is 0 Å². The van der Waals surface area contributed by atoms with Gasteiger partial charge in [0, 0.05) is 38.9 Å². The number of guanidine groups is 1. The second-order valence-corrected chi connectivity index (χ2v) is 5.78. The Kier molecular flexibility index (Phi) is 9.79. The Morgan fingerprint density at radius 2 is 1.88 bits per heavy atom. The number of nitrogens with one attached hydrogen (secondary N) is 2. The molecule has 0 amide bonds. The Morgan fingerprint density at radius 1 is 1.15 bits per heavy atom. The standard InChI is InChI=1S/C19H27N5O.HI/c1-5-20-19(22-13-15-8-10-17(25-4)11-9-15)23-14-16-7-6-12-21-18(16)24(2)3;/h6-12H,5,13-14H2,1-4H3,(H2,20,22,23);1H. The molecule has 0 spiro atoms. The molecular weight excluding hydrogens is 441 g/mol. The summed E-state index contributed by atoms with van der Waals surface area (Å²) in [7, 11) is 5.66. The largest absolute Gasteiger partial charge is 0.497 e. The molecule has 0 fully saturated rings. The lowest BCUT2D eigenvalue weighted by Gasteiger charge is -2.17. The van der Waals surface area contributed by atoms with E-state index in [0.29, 0.717) is 13.1 Å². The van der Waals surface area contributed by atoms with Gasteiger partial charge in [-0.25, -0.2) is 9.98 Å². The van der Waals surface area contributed by atoms with E-state index in [2.05, 4.69) is 33.6 Å². The quantitative estimate of drug-likeness (QED) is 0.371. The molecule has 2 rings (SSSR count). The number of benzene rings is 1. The van der Waals surface area contributed by atoms with E-state index < -0.39 is 0 Å². The monoisotopic (exact) mass is 469 g/mol. The zero-order valence-electron chi connectivity index (χ0n) is 15.8. The molecule has 2 aromatic rings. The van der Waals surface area contributed by atoms with Crippen LogP contribution in [0.4, 0.5) is 5.82 Å². The van der Waals surface area contributed by atoms with Crippen molar-refractivity contribution in [3.63, 3.8) is 0 Å². The van der Waals surface area contributed by atoms with E-state index in [1.807, 2.05) is 55.5 Å². The number of halogens is 1. The smallest absolute Gasteiger partial charge is 0.191 e. The van der Waals surface area contributed by atoms with E-state index in [9.17, 15) is 0 Å². The van der Waals surface area contributed by atoms with Crippen molar-refractivity contribution in [1.29, 1.82) is 0 Å². The Hall–Kier alpha value is -2.03.